The lowest BCUT2D eigenvalue weighted by Crippen LogP contribution is -2.36. The van der Waals surface area contributed by atoms with E-state index in [4.69, 9.17) is 9.47 Å². The highest BCUT2D eigenvalue weighted by molar-refractivity contribution is 5.83. The maximum Gasteiger partial charge on any atom is 0.253 e. The third-order valence-electron chi connectivity index (χ3n) is 6.65. The van der Waals surface area contributed by atoms with Crippen LogP contribution in [0.1, 0.15) is 48.7 Å². The van der Waals surface area contributed by atoms with Crippen LogP contribution in [0.4, 0.5) is 0 Å². The molecule has 2 aliphatic heterocycles. The lowest BCUT2D eigenvalue weighted by molar-refractivity contribution is 0.174. The van der Waals surface area contributed by atoms with Gasteiger partial charge in [-0.05, 0) is 54.1 Å². The van der Waals surface area contributed by atoms with Crippen molar-refractivity contribution in [1.29, 1.82) is 0 Å². The average molecular weight is 459 g/mol. The molecule has 4 aromatic rings. The first-order valence-corrected chi connectivity index (χ1v) is 11.8. The number of pyridine rings is 1. The number of rotatable bonds is 5. The highest BCUT2D eigenvalue weighted by Gasteiger charge is 2.31. The second-order valence-electron chi connectivity index (χ2n) is 8.88. The molecule has 174 valence electrons. The molecule has 2 aromatic carbocycles. The Balaban J connectivity index is 1.47. The summed E-state index contributed by atoms with van der Waals surface area (Å²) in [5, 5.41) is 13.6. The summed E-state index contributed by atoms with van der Waals surface area (Å²) in [6.45, 7) is 2.51. The molecule has 4 heterocycles. The molecule has 1 atom stereocenters. The molecule has 6 rings (SSSR count). The van der Waals surface area contributed by atoms with E-state index in [2.05, 4.69) is 37.5 Å². The standard InChI is InChI=1S/C25H26N6O3/c32-25-19(12-18-13-21-22(34-16-33-21)14-20(18)26-25)23(30-10-6-1-2-7-11-30)24-27-28-29-31(24)15-17-8-4-3-5-9-17/h3-5,8-9,12-14,23H,1-2,6-7,10-11,15-16H2,(H,26,32). The van der Waals surface area contributed by atoms with Gasteiger partial charge >= 0.3 is 0 Å². The minimum Gasteiger partial charge on any atom is -0.454 e. The van der Waals surface area contributed by atoms with Gasteiger partial charge in [0.1, 0.15) is 6.04 Å². The van der Waals surface area contributed by atoms with Gasteiger partial charge in [0.05, 0.1) is 12.1 Å². The van der Waals surface area contributed by atoms with Gasteiger partial charge in [-0.25, -0.2) is 4.68 Å². The Morgan fingerprint density at radius 1 is 0.971 bits per heavy atom. The van der Waals surface area contributed by atoms with Gasteiger partial charge in [-0.2, -0.15) is 0 Å². The molecule has 0 saturated carbocycles. The molecule has 1 unspecified atom stereocenters. The van der Waals surface area contributed by atoms with Gasteiger partial charge in [0.2, 0.25) is 6.79 Å². The Hall–Kier alpha value is -3.72. The zero-order valence-electron chi connectivity index (χ0n) is 18.8. The van der Waals surface area contributed by atoms with E-state index in [0.29, 0.717) is 29.4 Å². The molecule has 0 radical (unpaired) electrons. The maximum atomic E-state index is 13.4. The molecule has 2 aliphatic rings. The van der Waals surface area contributed by atoms with E-state index in [0.717, 1.165) is 42.4 Å². The first-order valence-electron chi connectivity index (χ1n) is 11.8. The Labute approximate surface area is 196 Å². The molecule has 1 saturated heterocycles. The number of benzene rings is 2. The number of tetrazole rings is 1. The summed E-state index contributed by atoms with van der Waals surface area (Å²) in [4.78, 5) is 18.8. The summed E-state index contributed by atoms with van der Waals surface area (Å²) in [6.07, 6.45) is 4.55. The van der Waals surface area contributed by atoms with E-state index in [9.17, 15) is 4.79 Å². The third-order valence-corrected chi connectivity index (χ3v) is 6.65. The lowest BCUT2D eigenvalue weighted by Gasteiger charge is -2.29. The number of H-pyrrole nitrogens is 1. The van der Waals surface area contributed by atoms with Crippen molar-refractivity contribution in [2.75, 3.05) is 19.9 Å². The Morgan fingerprint density at radius 3 is 2.53 bits per heavy atom. The van der Waals surface area contributed by atoms with Crippen molar-refractivity contribution in [2.45, 2.75) is 38.3 Å². The number of fused-ring (bicyclic) bond motifs is 2. The SMILES string of the molecule is O=c1[nH]c2cc3c(cc2cc1C(c1nnnn1Cc1ccccc1)N1CCCCCC1)OCO3. The minimum absolute atomic E-state index is 0.144. The molecule has 0 aliphatic carbocycles. The molecular formula is C25H26N6O3. The summed E-state index contributed by atoms with van der Waals surface area (Å²) in [6, 6.07) is 15.4. The van der Waals surface area contributed by atoms with Gasteiger partial charge in [0.15, 0.2) is 17.3 Å². The summed E-state index contributed by atoms with van der Waals surface area (Å²) in [5.41, 5.74) is 2.31. The van der Waals surface area contributed by atoms with Crippen LogP contribution in [0, 0.1) is 0 Å². The van der Waals surface area contributed by atoms with Crippen LogP contribution in [0.5, 0.6) is 11.5 Å². The topological polar surface area (TPSA) is 98.2 Å². The van der Waals surface area contributed by atoms with E-state index in [1.54, 1.807) is 0 Å². The molecule has 0 amide bonds. The fourth-order valence-corrected chi connectivity index (χ4v) is 4.94. The van der Waals surface area contributed by atoms with Gasteiger partial charge in [-0.15, -0.1) is 5.10 Å². The number of hydrogen-bond acceptors (Lipinski definition) is 7. The highest BCUT2D eigenvalue weighted by Crippen LogP contribution is 2.36. The molecular weight excluding hydrogens is 432 g/mol. The van der Waals surface area contributed by atoms with Crippen LogP contribution < -0.4 is 15.0 Å². The molecule has 9 nitrogen and oxygen atoms in total. The molecule has 1 N–H and O–H groups in total. The largest absolute Gasteiger partial charge is 0.454 e. The maximum absolute atomic E-state index is 13.4. The smallest absolute Gasteiger partial charge is 0.253 e. The second-order valence-corrected chi connectivity index (χ2v) is 8.88. The van der Waals surface area contributed by atoms with Gasteiger partial charge in [0, 0.05) is 17.0 Å². The minimum atomic E-state index is -0.351. The molecule has 9 heteroatoms. The summed E-state index contributed by atoms with van der Waals surface area (Å²) in [7, 11) is 0. The van der Waals surface area contributed by atoms with Crippen LogP contribution in [0.2, 0.25) is 0 Å². The fraction of sp³-hybridized carbons (Fsp3) is 0.360. The number of aromatic amines is 1. The molecule has 1 fully saturated rings. The van der Waals surface area contributed by atoms with Crippen LogP contribution in [-0.2, 0) is 6.54 Å². The number of nitrogens with zero attached hydrogens (tertiary/aromatic N) is 5. The predicted octanol–water partition coefficient (Wildman–Crippen LogP) is 3.26. The zero-order valence-corrected chi connectivity index (χ0v) is 18.8. The molecule has 34 heavy (non-hydrogen) atoms. The molecule has 0 bridgehead atoms. The summed E-state index contributed by atoms with van der Waals surface area (Å²) >= 11 is 0. The molecule has 0 spiro atoms. The van der Waals surface area contributed by atoms with E-state index >= 15 is 0 Å². The number of nitrogens with one attached hydrogen (secondary N) is 1. The van der Waals surface area contributed by atoms with E-state index < -0.39 is 0 Å². The van der Waals surface area contributed by atoms with Crippen molar-refractivity contribution in [1.82, 2.24) is 30.1 Å². The summed E-state index contributed by atoms with van der Waals surface area (Å²) in [5.74, 6) is 2.01. The lowest BCUT2D eigenvalue weighted by atomic mass is 10.0. The van der Waals surface area contributed by atoms with Crippen molar-refractivity contribution >= 4 is 10.9 Å². The third kappa shape index (κ3) is 3.92. The Kier molecular flexibility index (Phi) is 5.46. The number of likely N-dealkylation sites (tertiary alicyclic amines) is 1. The van der Waals surface area contributed by atoms with Crippen LogP contribution in [0.3, 0.4) is 0 Å². The van der Waals surface area contributed by atoms with Crippen LogP contribution in [0.25, 0.3) is 10.9 Å². The number of hydrogen-bond donors (Lipinski definition) is 1. The van der Waals surface area contributed by atoms with Crippen LogP contribution >= 0.6 is 0 Å². The zero-order chi connectivity index (χ0) is 22.9. The highest BCUT2D eigenvalue weighted by atomic mass is 16.7. The predicted molar refractivity (Wildman–Crippen MR) is 126 cm³/mol. The fourth-order valence-electron chi connectivity index (χ4n) is 4.94. The van der Waals surface area contributed by atoms with Gasteiger partial charge in [-0.1, -0.05) is 43.2 Å². The molecule has 2 aromatic heterocycles. The number of ether oxygens (including phenoxy) is 2. The van der Waals surface area contributed by atoms with Crippen molar-refractivity contribution in [3.63, 3.8) is 0 Å². The van der Waals surface area contributed by atoms with Crippen LogP contribution in [0.15, 0.2) is 53.3 Å². The van der Waals surface area contributed by atoms with Crippen LogP contribution in [-0.4, -0.2) is 50.0 Å². The number of aromatic nitrogens is 5. The monoisotopic (exact) mass is 458 g/mol. The average Bonchev–Trinajstić information content (AvgIpc) is 3.41. The van der Waals surface area contributed by atoms with E-state index in [1.165, 1.54) is 12.8 Å². The Bertz CT molecular complexity index is 1360. The van der Waals surface area contributed by atoms with E-state index in [1.807, 2.05) is 41.1 Å². The quantitative estimate of drug-likeness (QED) is 0.490. The van der Waals surface area contributed by atoms with Gasteiger partial charge in [-0.3, -0.25) is 9.69 Å². The van der Waals surface area contributed by atoms with Crippen molar-refractivity contribution in [2.24, 2.45) is 0 Å². The van der Waals surface area contributed by atoms with E-state index in [-0.39, 0.29) is 18.4 Å². The summed E-state index contributed by atoms with van der Waals surface area (Å²) < 4.78 is 12.9. The first kappa shape index (κ1) is 20.9. The first-order chi connectivity index (χ1) is 16.8. The van der Waals surface area contributed by atoms with Gasteiger partial charge in [0.25, 0.3) is 5.56 Å². The normalized spacial score (nSPS) is 17.1. The van der Waals surface area contributed by atoms with Gasteiger partial charge < -0.3 is 14.5 Å². The van der Waals surface area contributed by atoms with Crippen molar-refractivity contribution < 1.29 is 9.47 Å². The van der Waals surface area contributed by atoms with Crippen molar-refractivity contribution in [3.8, 4) is 11.5 Å². The second kappa shape index (κ2) is 8.90. The Morgan fingerprint density at radius 2 is 1.74 bits per heavy atom. The van der Waals surface area contributed by atoms with Crippen molar-refractivity contribution in [3.05, 3.63) is 75.8 Å².